The summed E-state index contributed by atoms with van der Waals surface area (Å²) in [4.78, 5) is 11.5. The molecule has 1 fully saturated rings. The summed E-state index contributed by atoms with van der Waals surface area (Å²) in [6.07, 6.45) is 0.797. The average molecular weight is 340 g/mol. The largest absolute Gasteiger partial charge is 0.303 e. The normalized spacial score (nSPS) is 21.8. The molecule has 6 heteroatoms. The Bertz CT molecular complexity index is 539. The molecule has 0 aromatic heterocycles. The van der Waals surface area contributed by atoms with E-state index >= 15 is 0 Å². The van der Waals surface area contributed by atoms with Crippen molar-refractivity contribution in [1.29, 1.82) is 0 Å². The van der Waals surface area contributed by atoms with Crippen molar-refractivity contribution < 1.29 is 4.79 Å². The number of benzene rings is 1. The molecule has 1 aromatic carbocycles. The minimum Gasteiger partial charge on any atom is -0.303 e. The Morgan fingerprint density at radius 1 is 1.42 bits per heavy atom. The molecule has 1 aliphatic heterocycles. The highest BCUT2D eigenvalue weighted by atomic mass is 79.9. The van der Waals surface area contributed by atoms with Crippen LogP contribution in [0.4, 0.5) is 0 Å². The van der Waals surface area contributed by atoms with Crippen molar-refractivity contribution >= 4 is 44.5 Å². The molecule has 1 amide bonds. The molecule has 1 aliphatic rings. The lowest BCUT2D eigenvalue weighted by molar-refractivity contribution is -0.118. The van der Waals surface area contributed by atoms with Crippen LogP contribution in [0.5, 0.6) is 0 Å². The molecule has 0 saturated carbocycles. The third-order valence-corrected chi connectivity index (χ3v) is 4.47. The van der Waals surface area contributed by atoms with Gasteiger partial charge in [-0.15, -0.1) is 5.10 Å². The van der Waals surface area contributed by atoms with Gasteiger partial charge in [0.15, 0.2) is 5.17 Å². The average Bonchev–Trinajstić information content (AvgIpc) is 2.77. The van der Waals surface area contributed by atoms with E-state index in [1.165, 1.54) is 11.8 Å². The number of halogens is 1. The summed E-state index contributed by atoms with van der Waals surface area (Å²) < 4.78 is 1.03. The van der Waals surface area contributed by atoms with Gasteiger partial charge in [0.1, 0.15) is 0 Å². The summed E-state index contributed by atoms with van der Waals surface area (Å²) in [6, 6.07) is 7.86. The van der Waals surface area contributed by atoms with Crippen LogP contribution in [0.25, 0.3) is 0 Å². The van der Waals surface area contributed by atoms with Crippen LogP contribution in [-0.2, 0) is 4.79 Å². The van der Waals surface area contributed by atoms with E-state index in [0.717, 1.165) is 22.2 Å². The Morgan fingerprint density at radius 2 is 2.11 bits per heavy atom. The van der Waals surface area contributed by atoms with Gasteiger partial charge in [0.25, 0.3) is 0 Å². The third-order valence-electron chi connectivity index (χ3n) is 2.70. The number of nitrogens with one attached hydrogen (secondary N) is 1. The van der Waals surface area contributed by atoms with Gasteiger partial charge in [-0.25, -0.2) is 0 Å². The number of thioether (sulfide) groups is 1. The van der Waals surface area contributed by atoms with Crippen LogP contribution in [0, 0.1) is 0 Å². The molecular weight excluding hydrogens is 326 g/mol. The second kappa shape index (κ2) is 6.34. The number of hydrogen-bond donors (Lipinski definition) is 1. The lowest BCUT2D eigenvalue weighted by Crippen LogP contribution is -2.24. The van der Waals surface area contributed by atoms with Crippen LogP contribution in [0.15, 0.2) is 38.9 Å². The van der Waals surface area contributed by atoms with Crippen molar-refractivity contribution in [3.63, 3.8) is 0 Å². The van der Waals surface area contributed by atoms with Crippen molar-refractivity contribution in [2.24, 2.45) is 10.2 Å². The van der Waals surface area contributed by atoms with Crippen LogP contribution >= 0.6 is 27.7 Å². The molecule has 1 aromatic rings. The maximum absolute atomic E-state index is 11.5. The van der Waals surface area contributed by atoms with Gasteiger partial charge in [-0.3, -0.25) is 4.79 Å². The molecule has 1 N–H and O–H groups in total. The van der Waals surface area contributed by atoms with Gasteiger partial charge in [0.05, 0.1) is 11.0 Å². The number of amidine groups is 1. The Morgan fingerprint density at radius 3 is 2.68 bits per heavy atom. The van der Waals surface area contributed by atoms with Gasteiger partial charge in [0.2, 0.25) is 5.91 Å². The van der Waals surface area contributed by atoms with Gasteiger partial charge < -0.3 is 5.32 Å². The number of carbonyl (C=O) groups excluding carboxylic acids is 1. The SMILES string of the molecule is CCC1S/C(=N/N=C(/C)c2ccc(Br)cc2)NC1=O. The van der Waals surface area contributed by atoms with Crippen molar-refractivity contribution in [3.8, 4) is 0 Å². The van der Waals surface area contributed by atoms with Gasteiger partial charge in [-0.1, -0.05) is 46.7 Å². The molecule has 19 heavy (non-hydrogen) atoms. The molecular formula is C13H14BrN3OS. The summed E-state index contributed by atoms with van der Waals surface area (Å²) in [5.41, 5.74) is 1.82. The molecule has 0 bridgehead atoms. The van der Waals surface area contributed by atoms with Gasteiger partial charge in [-0.2, -0.15) is 5.10 Å². The van der Waals surface area contributed by atoms with Crippen molar-refractivity contribution in [1.82, 2.24) is 5.32 Å². The van der Waals surface area contributed by atoms with Crippen LogP contribution in [0.2, 0.25) is 0 Å². The lowest BCUT2D eigenvalue weighted by Gasteiger charge is -1.99. The summed E-state index contributed by atoms with van der Waals surface area (Å²) in [6.45, 7) is 3.88. The van der Waals surface area contributed by atoms with E-state index in [9.17, 15) is 4.79 Å². The Labute approximate surface area is 124 Å². The minimum atomic E-state index is -0.0399. The van der Waals surface area contributed by atoms with Crippen molar-refractivity contribution in [3.05, 3.63) is 34.3 Å². The smallest absolute Gasteiger partial charge is 0.239 e. The number of rotatable bonds is 3. The Hall–Kier alpha value is -1.14. The zero-order valence-electron chi connectivity index (χ0n) is 10.7. The van der Waals surface area contributed by atoms with E-state index in [1.54, 1.807) is 0 Å². The maximum Gasteiger partial charge on any atom is 0.239 e. The maximum atomic E-state index is 11.5. The van der Waals surface area contributed by atoms with Crippen LogP contribution in [-0.4, -0.2) is 22.0 Å². The second-order valence-electron chi connectivity index (χ2n) is 4.10. The number of hydrogen-bond acceptors (Lipinski definition) is 4. The van der Waals surface area contributed by atoms with E-state index in [2.05, 4.69) is 31.4 Å². The number of nitrogens with zero attached hydrogens (tertiary/aromatic N) is 2. The topological polar surface area (TPSA) is 53.8 Å². The van der Waals surface area contributed by atoms with E-state index < -0.39 is 0 Å². The quantitative estimate of drug-likeness (QED) is 0.679. The Kier molecular flexibility index (Phi) is 4.76. The molecule has 2 rings (SSSR count). The zero-order chi connectivity index (χ0) is 13.8. The number of amides is 1. The molecule has 0 spiro atoms. The predicted molar refractivity (Wildman–Crippen MR) is 83.6 cm³/mol. The van der Waals surface area contributed by atoms with Crippen molar-refractivity contribution in [2.75, 3.05) is 0 Å². The van der Waals surface area contributed by atoms with Gasteiger partial charge in [0, 0.05) is 4.47 Å². The molecule has 4 nitrogen and oxygen atoms in total. The summed E-state index contributed by atoms with van der Waals surface area (Å²) in [5.74, 6) is 0.0164. The molecule has 1 atom stereocenters. The summed E-state index contributed by atoms with van der Waals surface area (Å²) >= 11 is 4.82. The zero-order valence-corrected chi connectivity index (χ0v) is 13.1. The molecule has 0 radical (unpaired) electrons. The fourth-order valence-electron chi connectivity index (χ4n) is 1.59. The van der Waals surface area contributed by atoms with Crippen molar-refractivity contribution in [2.45, 2.75) is 25.5 Å². The lowest BCUT2D eigenvalue weighted by atomic mass is 10.1. The molecule has 1 saturated heterocycles. The molecule has 100 valence electrons. The third kappa shape index (κ3) is 3.67. The summed E-state index contributed by atoms with van der Waals surface area (Å²) in [7, 11) is 0. The van der Waals surface area contributed by atoms with Crippen LogP contribution in [0.3, 0.4) is 0 Å². The van der Waals surface area contributed by atoms with Gasteiger partial charge >= 0.3 is 0 Å². The van der Waals surface area contributed by atoms with Crippen LogP contribution < -0.4 is 5.32 Å². The first-order valence-corrected chi connectivity index (χ1v) is 7.63. The second-order valence-corrected chi connectivity index (χ2v) is 6.21. The molecule has 0 aliphatic carbocycles. The molecule has 1 unspecified atom stereocenters. The fourth-order valence-corrected chi connectivity index (χ4v) is 2.70. The highest BCUT2D eigenvalue weighted by Gasteiger charge is 2.28. The highest BCUT2D eigenvalue weighted by Crippen LogP contribution is 2.22. The van der Waals surface area contributed by atoms with E-state index in [-0.39, 0.29) is 11.2 Å². The first kappa shape index (κ1) is 14.3. The standard InChI is InChI=1S/C13H14BrN3OS/c1-3-11-12(18)15-13(19-11)17-16-8(2)9-4-6-10(14)7-5-9/h4-7,11H,3H2,1-2H3,(H,15,17,18)/b16-8-. The first-order chi connectivity index (χ1) is 9.10. The van der Waals surface area contributed by atoms with Gasteiger partial charge in [-0.05, 0) is 31.0 Å². The Balaban J connectivity index is 2.10. The van der Waals surface area contributed by atoms with E-state index in [0.29, 0.717) is 5.17 Å². The fraction of sp³-hybridized carbons (Fsp3) is 0.308. The predicted octanol–water partition coefficient (Wildman–Crippen LogP) is 3.17. The monoisotopic (exact) mass is 339 g/mol. The van der Waals surface area contributed by atoms with E-state index in [4.69, 9.17) is 0 Å². The molecule has 1 heterocycles. The van der Waals surface area contributed by atoms with Crippen LogP contribution in [0.1, 0.15) is 25.8 Å². The minimum absolute atomic E-state index is 0.0164. The summed E-state index contributed by atoms with van der Waals surface area (Å²) in [5, 5.41) is 11.5. The van der Waals surface area contributed by atoms with E-state index in [1.807, 2.05) is 38.1 Å². The first-order valence-electron chi connectivity index (χ1n) is 5.96. The highest BCUT2D eigenvalue weighted by molar-refractivity contribution is 9.10. The number of carbonyl (C=O) groups is 1.